The van der Waals surface area contributed by atoms with Gasteiger partial charge in [0.2, 0.25) is 0 Å². The van der Waals surface area contributed by atoms with E-state index in [4.69, 9.17) is 16.3 Å². The van der Waals surface area contributed by atoms with Crippen molar-refractivity contribution in [1.29, 1.82) is 0 Å². The SMILES string of the molecule is CCOc1ccc(C=Cc2ccc(Cl)cc2)cc1. The van der Waals surface area contributed by atoms with Crippen molar-refractivity contribution < 1.29 is 4.74 Å². The second kappa shape index (κ2) is 6.27. The molecule has 0 N–H and O–H groups in total. The number of ether oxygens (including phenoxy) is 1. The van der Waals surface area contributed by atoms with Crippen LogP contribution in [0.15, 0.2) is 48.5 Å². The van der Waals surface area contributed by atoms with Gasteiger partial charge in [0.25, 0.3) is 0 Å². The van der Waals surface area contributed by atoms with E-state index in [2.05, 4.69) is 12.2 Å². The molecule has 18 heavy (non-hydrogen) atoms. The summed E-state index contributed by atoms with van der Waals surface area (Å²) < 4.78 is 5.40. The largest absolute Gasteiger partial charge is 0.494 e. The Morgan fingerprint density at radius 2 is 1.39 bits per heavy atom. The number of halogens is 1. The molecule has 0 aliphatic carbocycles. The molecule has 2 rings (SSSR count). The maximum Gasteiger partial charge on any atom is 0.119 e. The Morgan fingerprint density at radius 1 is 0.889 bits per heavy atom. The molecule has 0 bridgehead atoms. The summed E-state index contributed by atoms with van der Waals surface area (Å²) in [6.45, 7) is 2.67. The Morgan fingerprint density at radius 3 is 1.89 bits per heavy atom. The van der Waals surface area contributed by atoms with Gasteiger partial charge in [0.05, 0.1) is 6.61 Å². The van der Waals surface area contributed by atoms with Crippen LogP contribution >= 0.6 is 11.6 Å². The first-order chi connectivity index (χ1) is 8.78. The van der Waals surface area contributed by atoms with Gasteiger partial charge in [-0.25, -0.2) is 0 Å². The van der Waals surface area contributed by atoms with E-state index in [0.29, 0.717) is 6.61 Å². The third-order valence-electron chi connectivity index (χ3n) is 2.53. The van der Waals surface area contributed by atoms with Gasteiger partial charge >= 0.3 is 0 Å². The third kappa shape index (κ3) is 3.64. The predicted octanol–water partition coefficient (Wildman–Crippen LogP) is 4.91. The first kappa shape index (κ1) is 12.7. The third-order valence-corrected chi connectivity index (χ3v) is 2.78. The van der Waals surface area contributed by atoms with E-state index in [9.17, 15) is 0 Å². The van der Waals surface area contributed by atoms with Gasteiger partial charge in [0, 0.05) is 5.02 Å². The summed E-state index contributed by atoms with van der Waals surface area (Å²) in [6, 6.07) is 15.8. The van der Waals surface area contributed by atoms with E-state index in [0.717, 1.165) is 21.9 Å². The molecular formula is C16H15ClO. The zero-order valence-corrected chi connectivity index (χ0v) is 11.0. The van der Waals surface area contributed by atoms with Gasteiger partial charge in [-0.1, -0.05) is 48.0 Å². The van der Waals surface area contributed by atoms with Crippen LogP contribution in [0.25, 0.3) is 12.2 Å². The van der Waals surface area contributed by atoms with E-state index < -0.39 is 0 Å². The van der Waals surface area contributed by atoms with Crippen molar-refractivity contribution in [3.8, 4) is 5.75 Å². The van der Waals surface area contributed by atoms with Crippen LogP contribution < -0.4 is 4.74 Å². The van der Waals surface area contributed by atoms with Crippen molar-refractivity contribution in [3.05, 3.63) is 64.7 Å². The van der Waals surface area contributed by atoms with Crippen LogP contribution in [0.5, 0.6) is 5.75 Å². The van der Waals surface area contributed by atoms with Crippen molar-refractivity contribution in [2.75, 3.05) is 6.61 Å². The standard InChI is InChI=1S/C16H15ClO/c1-2-18-16-11-7-14(8-12-16)4-3-13-5-9-15(17)10-6-13/h3-12H,2H2,1H3. The first-order valence-electron chi connectivity index (χ1n) is 5.94. The Kier molecular flexibility index (Phi) is 4.43. The van der Waals surface area contributed by atoms with Crippen LogP contribution in [0.1, 0.15) is 18.1 Å². The lowest BCUT2D eigenvalue weighted by molar-refractivity contribution is 0.340. The number of rotatable bonds is 4. The lowest BCUT2D eigenvalue weighted by Crippen LogP contribution is -1.90. The average Bonchev–Trinajstić information content (AvgIpc) is 2.40. The highest BCUT2D eigenvalue weighted by Crippen LogP contribution is 2.15. The maximum atomic E-state index is 5.84. The highest BCUT2D eigenvalue weighted by molar-refractivity contribution is 6.30. The van der Waals surface area contributed by atoms with Gasteiger partial charge in [0.1, 0.15) is 5.75 Å². The summed E-state index contributed by atoms with van der Waals surface area (Å²) >= 11 is 5.84. The quantitative estimate of drug-likeness (QED) is 0.708. The Hall–Kier alpha value is -1.73. The van der Waals surface area contributed by atoms with E-state index in [1.54, 1.807) is 0 Å². The number of hydrogen-bond acceptors (Lipinski definition) is 1. The second-order valence-electron chi connectivity index (χ2n) is 3.89. The molecule has 2 aromatic carbocycles. The summed E-state index contributed by atoms with van der Waals surface area (Å²) in [6.07, 6.45) is 4.13. The van der Waals surface area contributed by atoms with Crippen LogP contribution in [0, 0.1) is 0 Å². The fraction of sp³-hybridized carbons (Fsp3) is 0.125. The minimum absolute atomic E-state index is 0.694. The highest BCUT2D eigenvalue weighted by atomic mass is 35.5. The van der Waals surface area contributed by atoms with E-state index >= 15 is 0 Å². The molecule has 0 amide bonds. The van der Waals surface area contributed by atoms with Gasteiger partial charge in [-0.05, 0) is 42.3 Å². The molecular weight excluding hydrogens is 244 g/mol. The van der Waals surface area contributed by atoms with Crippen LogP contribution in [0.2, 0.25) is 5.02 Å². The van der Waals surface area contributed by atoms with Gasteiger partial charge in [-0.2, -0.15) is 0 Å². The highest BCUT2D eigenvalue weighted by Gasteiger charge is 1.92. The normalized spacial score (nSPS) is 10.8. The maximum absolute atomic E-state index is 5.84. The smallest absolute Gasteiger partial charge is 0.119 e. The average molecular weight is 259 g/mol. The van der Waals surface area contributed by atoms with E-state index in [-0.39, 0.29) is 0 Å². The molecule has 0 aliphatic rings. The monoisotopic (exact) mass is 258 g/mol. The molecule has 0 atom stereocenters. The molecule has 92 valence electrons. The lowest BCUT2D eigenvalue weighted by Gasteiger charge is -2.02. The fourth-order valence-electron chi connectivity index (χ4n) is 1.61. The predicted molar refractivity (Wildman–Crippen MR) is 78.0 cm³/mol. The van der Waals surface area contributed by atoms with Crippen molar-refractivity contribution in [2.24, 2.45) is 0 Å². The number of benzene rings is 2. The molecule has 0 spiro atoms. The molecule has 0 saturated heterocycles. The Labute approximate surface area is 113 Å². The molecule has 0 unspecified atom stereocenters. The minimum Gasteiger partial charge on any atom is -0.494 e. The molecule has 0 radical (unpaired) electrons. The topological polar surface area (TPSA) is 9.23 Å². The molecule has 2 heteroatoms. The van der Waals surface area contributed by atoms with E-state index in [1.807, 2.05) is 55.5 Å². The van der Waals surface area contributed by atoms with Gasteiger partial charge < -0.3 is 4.74 Å². The van der Waals surface area contributed by atoms with Crippen LogP contribution in [0.3, 0.4) is 0 Å². The molecule has 0 saturated carbocycles. The number of hydrogen-bond donors (Lipinski definition) is 0. The van der Waals surface area contributed by atoms with Crippen molar-refractivity contribution in [1.82, 2.24) is 0 Å². The van der Waals surface area contributed by atoms with Gasteiger partial charge in [0.15, 0.2) is 0 Å². The summed E-state index contributed by atoms with van der Waals surface area (Å²) in [5.41, 5.74) is 2.28. The van der Waals surface area contributed by atoms with Crippen LogP contribution in [0.4, 0.5) is 0 Å². The van der Waals surface area contributed by atoms with Crippen LogP contribution in [-0.2, 0) is 0 Å². The van der Waals surface area contributed by atoms with Crippen molar-refractivity contribution >= 4 is 23.8 Å². The van der Waals surface area contributed by atoms with Crippen LogP contribution in [-0.4, -0.2) is 6.61 Å². The first-order valence-corrected chi connectivity index (χ1v) is 6.32. The molecule has 0 heterocycles. The van der Waals surface area contributed by atoms with Gasteiger partial charge in [-0.3, -0.25) is 0 Å². The molecule has 1 nitrogen and oxygen atoms in total. The van der Waals surface area contributed by atoms with Crippen molar-refractivity contribution in [3.63, 3.8) is 0 Å². The fourth-order valence-corrected chi connectivity index (χ4v) is 1.73. The second-order valence-corrected chi connectivity index (χ2v) is 4.32. The van der Waals surface area contributed by atoms with E-state index in [1.165, 1.54) is 0 Å². The summed E-state index contributed by atoms with van der Waals surface area (Å²) in [4.78, 5) is 0. The van der Waals surface area contributed by atoms with Crippen molar-refractivity contribution in [2.45, 2.75) is 6.92 Å². The molecule has 0 aliphatic heterocycles. The summed E-state index contributed by atoms with van der Waals surface area (Å²) in [5, 5.41) is 0.758. The zero-order valence-electron chi connectivity index (χ0n) is 10.3. The molecule has 2 aromatic rings. The Balaban J connectivity index is 2.06. The molecule has 0 fully saturated rings. The molecule has 0 aromatic heterocycles. The Bertz CT molecular complexity index is 512. The summed E-state index contributed by atoms with van der Waals surface area (Å²) in [7, 11) is 0. The minimum atomic E-state index is 0.694. The van der Waals surface area contributed by atoms with Gasteiger partial charge in [-0.15, -0.1) is 0 Å². The zero-order chi connectivity index (χ0) is 12.8. The summed E-state index contributed by atoms with van der Waals surface area (Å²) in [5.74, 6) is 0.904. The lowest BCUT2D eigenvalue weighted by atomic mass is 10.1.